The summed E-state index contributed by atoms with van der Waals surface area (Å²) in [5, 5.41) is 5.71. The van der Waals surface area contributed by atoms with E-state index >= 15 is 0 Å². The second kappa shape index (κ2) is 7.94. The lowest BCUT2D eigenvalue weighted by Gasteiger charge is -2.56. The third-order valence-electron chi connectivity index (χ3n) is 6.44. The van der Waals surface area contributed by atoms with Crippen molar-refractivity contribution >= 4 is 17.8 Å². The average Bonchev–Trinajstić information content (AvgIpc) is 2.64. The van der Waals surface area contributed by atoms with Crippen molar-refractivity contribution in [2.24, 2.45) is 17.8 Å². The van der Waals surface area contributed by atoms with E-state index in [0.29, 0.717) is 0 Å². The molecule has 4 saturated carbocycles. The van der Waals surface area contributed by atoms with Crippen LogP contribution in [0.1, 0.15) is 44.1 Å². The molecule has 2 N–H and O–H groups in total. The van der Waals surface area contributed by atoms with Crippen LogP contribution in [0.25, 0.3) is 0 Å². The first-order valence-corrected chi connectivity index (χ1v) is 10.3. The van der Waals surface area contributed by atoms with Crippen LogP contribution < -0.4 is 10.6 Å². The number of hydrogen-bond donors (Lipinski definition) is 2. The van der Waals surface area contributed by atoms with Crippen molar-refractivity contribution in [3.63, 3.8) is 0 Å². The maximum absolute atomic E-state index is 12.3. The smallest absolute Gasteiger partial charge is 0.325 e. The van der Waals surface area contributed by atoms with Gasteiger partial charge in [0.15, 0.2) is 6.61 Å². The van der Waals surface area contributed by atoms with Crippen molar-refractivity contribution < 1.29 is 19.1 Å². The second-order valence-corrected chi connectivity index (χ2v) is 8.85. The molecule has 4 aliphatic rings. The molecule has 6 nitrogen and oxygen atoms in total. The van der Waals surface area contributed by atoms with Crippen molar-refractivity contribution in [2.75, 3.05) is 13.2 Å². The predicted molar refractivity (Wildman–Crippen MR) is 103 cm³/mol. The van der Waals surface area contributed by atoms with Crippen molar-refractivity contribution in [2.45, 2.75) is 50.5 Å². The minimum Gasteiger partial charge on any atom is -0.454 e. The van der Waals surface area contributed by atoms with Gasteiger partial charge >= 0.3 is 5.97 Å². The number of hydrogen-bond acceptors (Lipinski definition) is 4. The Balaban J connectivity index is 1.17. The first-order valence-electron chi connectivity index (χ1n) is 10.3. The summed E-state index contributed by atoms with van der Waals surface area (Å²) < 4.78 is 5.05. The predicted octanol–water partition coefficient (Wildman–Crippen LogP) is 1.97. The number of nitrogens with one attached hydrogen (secondary N) is 2. The zero-order valence-corrected chi connectivity index (χ0v) is 16.1. The fraction of sp³-hybridized carbons (Fsp3) is 0.591. The molecule has 4 fully saturated rings. The molecule has 28 heavy (non-hydrogen) atoms. The van der Waals surface area contributed by atoms with E-state index in [4.69, 9.17) is 4.74 Å². The van der Waals surface area contributed by atoms with E-state index in [1.165, 1.54) is 19.3 Å². The van der Waals surface area contributed by atoms with Crippen LogP contribution in [0.5, 0.6) is 0 Å². The summed E-state index contributed by atoms with van der Waals surface area (Å²) in [6, 6.07) is 9.31. The maximum Gasteiger partial charge on any atom is 0.325 e. The molecular weight excluding hydrogens is 356 g/mol. The van der Waals surface area contributed by atoms with Gasteiger partial charge in [-0.1, -0.05) is 30.3 Å². The third-order valence-corrected chi connectivity index (χ3v) is 6.44. The third kappa shape index (κ3) is 4.54. The molecular formula is C22H28N2O4. The average molecular weight is 384 g/mol. The van der Waals surface area contributed by atoms with Gasteiger partial charge in [-0.3, -0.25) is 14.4 Å². The van der Waals surface area contributed by atoms with Gasteiger partial charge in [0.2, 0.25) is 5.91 Å². The second-order valence-electron chi connectivity index (χ2n) is 8.85. The molecule has 4 aliphatic carbocycles. The van der Waals surface area contributed by atoms with Crippen molar-refractivity contribution in [1.82, 2.24) is 10.6 Å². The Morgan fingerprint density at radius 3 is 2.14 bits per heavy atom. The summed E-state index contributed by atoms with van der Waals surface area (Å²) in [5.41, 5.74) is 0.797. The lowest BCUT2D eigenvalue weighted by Crippen LogP contribution is -2.60. The van der Waals surface area contributed by atoms with Crippen LogP contribution in [0.15, 0.2) is 30.3 Å². The van der Waals surface area contributed by atoms with Crippen molar-refractivity contribution in [3.8, 4) is 0 Å². The molecule has 5 rings (SSSR count). The Hall–Kier alpha value is -2.37. The van der Waals surface area contributed by atoms with Gasteiger partial charge in [0.1, 0.15) is 6.54 Å². The first kappa shape index (κ1) is 19.0. The standard InChI is InChI=1S/C22H28N2O4/c25-19(9-15-4-2-1-3-5-15)23-13-21(27)28-14-20(26)24-22-10-16-6-17(11-22)8-18(7-16)12-22/h1-5,16-18H,6-14H2,(H,23,25)(H,24,26). The molecule has 0 radical (unpaired) electrons. The zero-order chi connectivity index (χ0) is 19.6. The van der Waals surface area contributed by atoms with E-state index in [2.05, 4.69) is 10.6 Å². The Morgan fingerprint density at radius 1 is 0.929 bits per heavy atom. The van der Waals surface area contributed by atoms with Crippen LogP contribution in [0.3, 0.4) is 0 Å². The normalized spacial score (nSPS) is 29.9. The van der Waals surface area contributed by atoms with Gasteiger partial charge < -0.3 is 15.4 Å². The number of ether oxygens (including phenoxy) is 1. The largest absolute Gasteiger partial charge is 0.454 e. The van der Waals surface area contributed by atoms with Gasteiger partial charge in [0.25, 0.3) is 5.91 Å². The Morgan fingerprint density at radius 2 is 1.54 bits per heavy atom. The number of benzene rings is 1. The highest BCUT2D eigenvalue weighted by molar-refractivity contribution is 5.85. The number of esters is 1. The Kier molecular flexibility index (Phi) is 5.38. The fourth-order valence-corrected chi connectivity index (χ4v) is 5.81. The van der Waals surface area contributed by atoms with Crippen LogP contribution in [-0.2, 0) is 25.5 Å². The summed E-state index contributed by atoms with van der Waals surface area (Å²) in [6.07, 6.45) is 7.34. The minimum absolute atomic E-state index is 0.0812. The van der Waals surface area contributed by atoms with Crippen LogP contribution in [0.2, 0.25) is 0 Å². The van der Waals surface area contributed by atoms with E-state index in [9.17, 15) is 14.4 Å². The molecule has 150 valence electrons. The molecule has 4 bridgehead atoms. The fourth-order valence-electron chi connectivity index (χ4n) is 5.81. The molecule has 0 spiro atoms. The lowest BCUT2D eigenvalue weighted by molar-refractivity contribution is -0.149. The van der Waals surface area contributed by atoms with Gasteiger partial charge in [0.05, 0.1) is 6.42 Å². The molecule has 6 heteroatoms. The number of carbonyl (C=O) groups is 3. The molecule has 0 heterocycles. The Labute approximate surface area is 165 Å². The quantitative estimate of drug-likeness (QED) is 0.704. The SMILES string of the molecule is O=C(Cc1ccccc1)NCC(=O)OCC(=O)NC12CC3CC(CC(C3)C1)C2. The molecule has 0 atom stereocenters. The highest BCUT2D eigenvalue weighted by atomic mass is 16.5. The van der Waals surface area contributed by atoms with Gasteiger partial charge in [0, 0.05) is 5.54 Å². The van der Waals surface area contributed by atoms with Gasteiger partial charge in [-0.05, 0) is 61.8 Å². The number of rotatable bonds is 7. The highest BCUT2D eigenvalue weighted by Crippen LogP contribution is 2.55. The lowest BCUT2D eigenvalue weighted by atomic mass is 9.53. The highest BCUT2D eigenvalue weighted by Gasteiger charge is 2.51. The summed E-state index contributed by atoms with van der Waals surface area (Å²) in [4.78, 5) is 36.1. The van der Waals surface area contributed by atoms with E-state index in [1.807, 2.05) is 30.3 Å². The van der Waals surface area contributed by atoms with Crippen molar-refractivity contribution in [3.05, 3.63) is 35.9 Å². The van der Waals surface area contributed by atoms with Crippen molar-refractivity contribution in [1.29, 1.82) is 0 Å². The Bertz CT molecular complexity index is 711. The minimum atomic E-state index is -0.595. The van der Waals surface area contributed by atoms with Gasteiger partial charge in [-0.2, -0.15) is 0 Å². The first-order chi connectivity index (χ1) is 13.5. The molecule has 0 aliphatic heterocycles. The summed E-state index contributed by atoms with van der Waals surface area (Å²) >= 11 is 0. The van der Waals surface area contributed by atoms with E-state index < -0.39 is 5.97 Å². The number of amides is 2. The maximum atomic E-state index is 12.3. The number of carbonyl (C=O) groups excluding carboxylic acids is 3. The summed E-state index contributed by atoms with van der Waals surface area (Å²) in [7, 11) is 0. The molecule has 1 aromatic carbocycles. The van der Waals surface area contributed by atoms with E-state index in [1.54, 1.807) is 0 Å². The monoisotopic (exact) mass is 384 g/mol. The van der Waals surface area contributed by atoms with E-state index in [-0.39, 0.29) is 36.9 Å². The van der Waals surface area contributed by atoms with Gasteiger partial charge in [-0.25, -0.2) is 0 Å². The van der Waals surface area contributed by atoms with Crippen LogP contribution in [0, 0.1) is 17.8 Å². The van der Waals surface area contributed by atoms with Crippen LogP contribution in [-0.4, -0.2) is 36.5 Å². The molecule has 0 saturated heterocycles. The molecule has 0 unspecified atom stereocenters. The van der Waals surface area contributed by atoms with Gasteiger partial charge in [-0.15, -0.1) is 0 Å². The molecule has 2 amide bonds. The molecule has 1 aromatic rings. The zero-order valence-electron chi connectivity index (χ0n) is 16.1. The van der Waals surface area contributed by atoms with Crippen LogP contribution in [0.4, 0.5) is 0 Å². The molecule has 0 aromatic heterocycles. The topological polar surface area (TPSA) is 84.5 Å². The van der Waals surface area contributed by atoms with Crippen LogP contribution >= 0.6 is 0 Å². The summed E-state index contributed by atoms with van der Waals surface area (Å²) in [5.74, 6) is 1.16. The summed E-state index contributed by atoms with van der Waals surface area (Å²) in [6.45, 7) is -0.508. The van der Waals surface area contributed by atoms with E-state index in [0.717, 1.165) is 42.6 Å².